The van der Waals surface area contributed by atoms with E-state index in [-0.39, 0.29) is 18.7 Å². The van der Waals surface area contributed by atoms with E-state index in [1.54, 1.807) is 5.38 Å². The molecule has 2 heterocycles. The molecule has 126 valence electrons. The topological polar surface area (TPSA) is 86.5 Å². The van der Waals surface area contributed by atoms with Crippen LogP contribution in [0.2, 0.25) is 0 Å². The molecule has 4 rings (SSSR count). The molecule has 1 amide bonds. The van der Waals surface area contributed by atoms with Crippen LogP contribution in [0.25, 0.3) is 10.6 Å². The molecule has 1 aromatic carbocycles. The summed E-state index contributed by atoms with van der Waals surface area (Å²) in [6.45, 7) is 0.860. The summed E-state index contributed by atoms with van der Waals surface area (Å²) in [5, 5.41) is 5.67. The third-order valence-electron chi connectivity index (χ3n) is 4.63. The van der Waals surface area contributed by atoms with Crippen LogP contribution in [0.5, 0.6) is 11.5 Å². The van der Waals surface area contributed by atoms with Crippen molar-refractivity contribution < 1.29 is 14.3 Å². The Bertz CT molecular complexity index is 761. The second-order valence-corrected chi connectivity index (χ2v) is 6.97. The molecule has 2 aliphatic rings. The first-order valence-electron chi connectivity index (χ1n) is 8.11. The molecule has 1 aliphatic heterocycles. The van der Waals surface area contributed by atoms with Gasteiger partial charge in [-0.2, -0.15) is 0 Å². The average Bonchev–Trinajstić information content (AvgIpc) is 3.33. The zero-order chi connectivity index (χ0) is 16.5. The predicted octanol–water partition coefficient (Wildman–Crippen LogP) is 2.40. The quantitative estimate of drug-likeness (QED) is 0.888. The summed E-state index contributed by atoms with van der Waals surface area (Å²) in [6.07, 6.45) is 3.19. The van der Waals surface area contributed by atoms with E-state index in [9.17, 15) is 4.79 Å². The molecule has 1 aromatic heterocycles. The van der Waals surface area contributed by atoms with Gasteiger partial charge in [0.1, 0.15) is 10.7 Å². The van der Waals surface area contributed by atoms with E-state index < -0.39 is 0 Å². The van der Waals surface area contributed by atoms with Crippen molar-refractivity contribution >= 4 is 17.2 Å². The van der Waals surface area contributed by atoms with Crippen LogP contribution in [0.3, 0.4) is 0 Å². The van der Waals surface area contributed by atoms with Crippen molar-refractivity contribution in [2.45, 2.75) is 25.3 Å². The number of hydrogen-bond donors (Lipinski definition) is 2. The molecule has 0 radical (unpaired) electrons. The molecule has 2 atom stereocenters. The van der Waals surface area contributed by atoms with Crippen molar-refractivity contribution in [1.29, 1.82) is 0 Å². The zero-order valence-corrected chi connectivity index (χ0v) is 14.0. The van der Waals surface area contributed by atoms with E-state index in [1.807, 2.05) is 18.2 Å². The number of ether oxygens (including phenoxy) is 2. The highest BCUT2D eigenvalue weighted by atomic mass is 32.1. The number of hydrogen-bond acceptors (Lipinski definition) is 6. The number of rotatable bonds is 4. The maximum absolute atomic E-state index is 12.4. The van der Waals surface area contributed by atoms with Crippen LogP contribution >= 0.6 is 11.3 Å². The van der Waals surface area contributed by atoms with Crippen LogP contribution in [0.4, 0.5) is 0 Å². The molecule has 0 saturated heterocycles. The first-order valence-corrected chi connectivity index (χ1v) is 8.99. The van der Waals surface area contributed by atoms with Crippen molar-refractivity contribution in [2.75, 3.05) is 13.3 Å². The number of fused-ring (bicyclic) bond motifs is 1. The van der Waals surface area contributed by atoms with Gasteiger partial charge in [-0.05, 0) is 43.5 Å². The fraction of sp³-hybridized carbons (Fsp3) is 0.412. The highest BCUT2D eigenvalue weighted by Gasteiger charge is 2.28. The Morgan fingerprint density at radius 2 is 2.21 bits per heavy atom. The standard InChI is InChI=1S/C17H19N3O3S/c18-7-11-2-1-3-12(11)19-16(21)13-8-24-17(20-13)10-4-5-14-15(6-10)23-9-22-14/h4-6,8,11-12H,1-3,7,9,18H2,(H,19,21). The average molecular weight is 345 g/mol. The number of nitrogens with zero attached hydrogens (tertiary/aromatic N) is 1. The molecule has 24 heavy (non-hydrogen) atoms. The smallest absolute Gasteiger partial charge is 0.271 e. The number of nitrogens with one attached hydrogen (secondary N) is 1. The van der Waals surface area contributed by atoms with Gasteiger partial charge in [-0.1, -0.05) is 6.42 Å². The fourth-order valence-corrected chi connectivity index (χ4v) is 4.09. The van der Waals surface area contributed by atoms with Crippen LogP contribution in [0, 0.1) is 5.92 Å². The number of carbonyl (C=O) groups is 1. The second-order valence-electron chi connectivity index (χ2n) is 6.11. The third-order valence-corrected chi connectivity index (χ3v) is 5.53. The first-order chi connectivity index (χ1) is 11.7. The zero-order valence-electron chi connectivity index (χ0n) is 13.2. The molecule has 6 nitrogen and oxygen atoms in total. The van der Waals surface area contributed by atoms with Gasteiger partial charge in [-0.25, -0.2) is 4.98 Å². The predicted molar refractivity (Wildman–Crippen MR) is 91.3 cm³/mol. The second kappa shape index (κ2) is 6.41. The Balaban J connectivity index is 1.49. The van der Waals surface area contributed by atoms with Gasteiger partial charge >= 0.3 is 0 Å². The van der Waals surface area contributed by atoms with Crippen LogP contribution in [0.15, 0.2) is 23.6 Å². The first kappa shape index (κ1) is 15.4. The van der Waals surface area contributed by atoms with Crippen molar-refractivity contribution in [1.82, 2.24) is 10.3 Å². The largest absolute Gasteiger partial charge is 0.454 e. The number of nitrogens with two attached hydrogens (primary N) is 1. The van der Waals surface area contributed by atoms with E-state index in [1.165, 1.54) is 11.3 Å². The Hall–Kier alpha value is -2.12. The Labute approximate surface area is 144 Å². The molecule has 3 N–H and O–H groups in total. The van der Waals surface area contributed by atoms with Gasteiger partial charge in [0, 0.05) is 17.0 Å². The van der Waals surface area contributed by atoms with Crippen LogP contribution in [0.1, 0.15) is 29.8 Å². The number of amides is 1. The third kappa shape index (κ3) is 2.85. The van der Waals surface area contributed by atoms with E-state index in [4.69, 9.17) is 15.2 Å². The van der Waals surface area contributed by atoms with Gasteiger partial charge in [0.15, 0.2) is 11.5 Å². The lowest BCUT2D eigenvalue weighted by atomic mass is 10.0. The highest BCUT2D eigenvalue weighted by Crippen LogP contribution is 2.36. The maximum Gasteiger partial charge on any atom is 0.271 e. The number of carbonyl (C=O) groups excluding carboxylic acids is 1. The molecule has 1 fully saturated rings. The van der Waals surface area contributed by atoms with Crippen LogP contribution in [-0.2, 0) is 0 Å². The number of aromatic nitrogens is 1. The Morgan fingerprint density at radius 3 is 3.08 bits per heavy atom. The van der Waals surface area contributed by atoms with E-state index in [2.05, 4.69) is 10.3 Å². The van der Waals surface area contributed by atoms with E-state index >= 15 is 0 Å². The fourth-order valence-electron chi connectivity index (χ4n) is 3.29. The number of benzene rings is 1. The molecular formula is C17H19N3O3S. The minimum absolute atomic E-state index is 0.122. The van der Waals surface area contributed by atoms with E-state index in [0.29, 0.717) is 23.9 Å². The van der Waals surface area contributed by atoms with Gasteiger partial charge in [-0.3, -0.25) is 4.79 Å². The van der Waals surface area contributed by atoms with Crippen molar-refractivity contribution in [3.8, 4) is 22.1 Å². The normalized spacial score (nSPS) is 21.9. The summed E-state index contributed by atoms with van der Waals surface area (Å²) in [7, 11) is 0. The maximum atomic E-state index is 12.4. The minimum atomic E-state index is -0.122. The van der Waals surface area contributed by atoms with Crippen LogP contribution < -0.4 is 20.5 Å². The van der Waals surface area contributed by atoms with Gasteiger partial charge in [0.25, 0.3) is 5.91 Å². The highest BCUT2D eigenvalue weighted by molar-refractivity contribution is 7.13. The van der Waals surface area contributed by atoms with E-state index in [0.717, 1.165) is 35.6 Å². The van der Waals surface area contributed by atoms with Crippen molar-refractivity contribution in [3.63, 3.8) is 0 Å². The van der Waals surface area contributed by atoms with Crippen molar-refractivity contribution in [3.05, 3.63) is 29.3 Å². The van der Waals surface area contributed by atoms with Crippen LogP contribution in [-0.4, -0.2) is 30.3 Å². The molecule has 1 aliphatic carbocycles. The van der Waals surface area contributed by atoms with Crippen molar-refractivity contribution in [2.24, 2.45) is 11.7 Å². The molecular weight excluding hydrogens is 326 g/mol. The minimum Gasteiger partial charge on any atom is -0.454 e. The molecule has 0 bridgehead atoms. The summed E-state index contributed by atoms with van der Waals surface area (Å²) in [5.41, 5.74) is 7.15. The summed E-state index contributed by atoms with van der Waals surface area (Å²) < 4.78 is 10.7. The molecule has 2 unspecified atom stereocenters. The lowest BCUT2D eigenvalue weighted by Gasteiger charge is -2.18. The SMILES string of the molecule is NCC1CCCC1NC(=O)c1csc(-c2ccc3c(c2)OCO3)n1. The Kier molecular flexibility index (Phi) is 4.12. The lowest BCUT2D eigenvalue weighted by Crippen LogP contribution is -2.40. The molecule has 0 spiro atoms. The van der Waals surface area contributed by atoms with Gasteiger partial charge in [-0.15, -0.1) is 11.3 Å². The molecule has 1 saturated carbocycles. The Morgan fingerprint density at radius 1 is 1.33 bits per heavy atom. The summed E-state index contributed by atoms with van der Waals surface area (Å²) in [5.74, 6) is 1.71. The van der Waals surface area contributed by atoms with Gasteiger partial charge < -0.3 is 20.5 Å². The van der Waals surface area contributed by atoms with Gasteiger partial charge in [0.05, 0.1) is 0 Å². The number of thiazole rings is 1. The molecule has 2 aromatic rings. The van der Waals surface area contributed by atoms with Gasteiger partial charge in [0.2, 0.25) is 6.79 Å². The lowest BCUT2D eigenvalue weighted by molar-refractivity contribution is 0.0924. The molecule has 7 heteroatoms. The summed E-state index contributed by atoms with van der Waals surface area (Å²) >= 11 is 1.45. The monoisotopic (exact) mass is 345 g/mol. The summed E-state index contributed by atoms with van der Waals surface area (Å²) in [4.78, 5) is 16.9. The summed E-state index contributed by atoms with van der Waals surface area (Å²) in [6, 6.07) is 5.85.